The van der Waals surface area contributed by atoms with Gasteiger partial charge in [0.05, 0.1) is 41.2 Å². The Morgan fingerprint density at radius 3 is 2.53 bits per heavy atom. The van der Waals surface area contributed by atoms with E-state index in [1.54, 1.807) is 51.4 Å². The summed E-state index contributed by atoms with van der Waals surface area (Å²) in [6, 6.07) is 2.18. The van der Waals surface area contributed by atoms with Crippen molar-refractivity contribution in [2.75, 3.05) is 13.7 Å². The zero-order chi connectivity index (χ0) is 40.7. The van der Waals surface area contributed by atoms with Crippen molar-refractivity contribution >= 4 is 44.9 Å². The summed E-state index contributed by atoms with van der Waals surface area (Å²) < 4.78 is 40.3. The molecular weight excluding hydrogens is 757 g/mol. The first-order chi connectivity index (χ1) is 27.1. The molecule has 3 aromatic rings. The fraction of sp³-hybridized carbons (Fsp3) is 0.538. The van der Waals surface area contributed by atoms with Crippen LogP contribution >= 0.6 is 0 Å². The molecule has 4 heterocycles. The quantitative estimate of drug-likeness (QED) is 0.294. The summed E-state index contributed by atoms with van der Waals surface area (Å²) in [7, 11) is -2.58. The first-order valence-corrected chi connectivity index (χ1v) is 20.9. The minimum Gasteiger partial charge on any atom is -0.491 e. The Hall–Kier alpha value is -5.39. The molecule has 0 bridgehead atoms. The van der Waals surface area contributed by atoms with E-state index >= 15 is 0 Å². The van der Waals surface area contributed by atoms with Gasteiger partial charge in [-0.15, -0.1) is 0 Å². The zero-order valence-electron chi connectivity index (χ0n) is 32.4. The molecule has 3 fully saturated rings. The number of hydrogen-bond donors (Lipinski definition) is 3. The van der Waals surface area contributed by atoms with Crippen LogP contribution in [0.4, 0.5) is 4.79 Å². The minimum absolute atomic E-state index is 0.0343. The number of ether oxygens (including phenoxy) is 2. The van der Waals surface area contributed by atoms with E-state index in [1.807, 2.05) is 12.2 Å². The van der Waals surface area contributed by atoms with Crippen LogP contribution in [0, 0.1) is 5.92 Å². The Morgan fingerprint density at radius 2 is 1.79 bits per heavy atom. The number of nitrogens with zero attached hydrogens (tertiary/aromatic N) is 5. The molecule has 3 N–H and O–H groups in total. The molecule has 2 aromatic heterocycles. The second-order valence-corrected chi connectivity index (χ2v) is 18.1. The third-order valence-electron chi connectivity index (χ3n) is 10.8. The number of carbonyl (C=O) groups is 4. The van der Waals surface area contributed by atoms with Crippen LogP contribution in [0.3, 0.4) is 0 Å². The SMILES string of the molecule is COc1c(-c2cccc3nccnc23)cnn(C2C[C@H]3C(=O)NC4(C(=O)NS(=O)(=O)C5CC5)C[C@H]4/C=C\CCCCC[C@H](NC(=O)OC(C)(C)C)C(=O)N3C2)c1=O. The Labute approximate surface area is 330 Å². The molecule has 0 radical (unpaired) electrons. The predicted octanol–water partition coefficient (Wildman–Crippen LogP) is 2.90. The molecule has 57 heavy (non-hydrogen) atoms. The second kappa shape index (κ2) is 15.5. The van der Waals surface area contributed by atoms with Crippen molar-refractivity contribution < 1.29 is 37.1 Å². The van der Waals surface area contributed by atoms with Gasteiger partial charge in [-0.05, 0) is 65.4 Å². The Kier molecular flexibility index (Phi) is 10.8. The molecule has 2 saturated carbocycles. The molecule has 0 spiro atoms. The van der Waals surface area contributed by atoms with Crippen molar-refractivity contribution in [1.82, 2.24) is 40.0 Å². The summed E-state index contributed by atoms with van der Waals surface area (Å²) >= 11 is 0. The van der Waals surface area contributed by atoms with Crippen LogP contribution in [-0.4, -0.2) is 99.0 Å². The number of para-hydroxylation sites is 1. The van der Waals surface area contributed by atoms with Gasteiger partial charge in [0, 0.05) is 36.8 Å². The van der Waals surface area contributed by atoms with E-state index in [9.17, 15) is 32.4 Å². The topological polar surface area (TPSA) is 221 Å². The highest BCUT2D eigenvalue weighted by Crippen LogP contribution is 2.46. The molecule has 5 atom stereocenters. The average molecular weight is 805 g/mol. The lowest BCUT2D eigenvalue weighted by Crippen LogP contribution is -2.58. The van der Waals surface area contributed by atoms with E-state index in [0.29, 0.717) is 47.8 Å². The van der Waals surface area contributed by atoms with E-state index in [1.165, 1.54) is 22.9 Å². The molecule has 18 heteroatoms. The van der Waals surface area contributed by atoms with E-state index in [2.05, 4.69) is 30.4 Å². The molecule has 2 unspecified atom stereocenters. The summed E-state index contributed by atoms with van der Waals surface area (Å²) in [6.07, 6.45) is 11.4. The van der Waals surface area contributed by atoms with Crippen molar-refractivity contribution in [3.05, 3.63) is 59.3 Å². The van der Waals surface area contributed by atoms with Crippen LogP contribution in [0.1, 0.15) is 84.6 Å². The molecule has 2 aliphatic heterocycles. The molecule has 4 aliphatic rings. The summed E-state index contributed by atoms with van der Waals surface area (Å²) in [5, 5.41) is 9.41. The normalized spacial score (nSPS) is 26.2. The number of benzene rings is 1. The number of carbonyl (C=O) groups excluding carboxylic acids is 4. The summed E-state index contributed by atoms with van der Waals surface area (Å²) in [4.78, 5) is 80.2. The maximum atomic E-state index is 14.6. The highest BCUT2D eigenvalue weighted by atomic mass is 32.2. The van der Waals surface area contributed by atoms with Crippen molar-refractivity contribution in [3.63, 3.8) is 0 Å². The third-order valence-corrected chi connectivity index (χ3v) is 12.7. The summed E-state index contributed by atoms with van der Waals surface area (Å²) in [5.74, 6) is -2.64. The molecule has 7 rings (SSSR count). The number of alkyl carbamates (subject to hydrolysis) is 1. The third kappa shape index (κ3) is 8.36. The van der Waals surface area contributed by atoms with Gasteiger partial charge in [-0.25, -0.2) is 17.9 Å². The van der Waals surface area contributed by atoms with Crippen molar-refractivity contribution in [1.29, 1.82) is 0 Å². The number of nitrogens with one attached hydrogen (secondary N) is 3. The molecule has 1 aromatic carbocycles. The van der Waals surface area contributed by atoms with Gasteiger partial charge in [0.1, 0.15) is 23.2 Å². The van der Waals surface area contributed by atoms with Crippen LogP contribution in [0.5, 0.6) is 5.75 Å². The maximum Gasteiger partial charge on any atom is 0.408 e. The number of amides is 4. The number of allylic oxidation sites excluding steroid dienone is 1. The van der Waals surface area contributed by atoms with E-state index in [-0.39, 0.29) is 31.6 Å². The number of fused-ring (bicyclic) bond motifs is 3. The molecule has 4 amide bonds. The van der Waals surface area contributed by atoms with Crippen LogP contribution < -0.4 is 25.7 Å². The zero-order valence-corrected chi connectivity index (χ0v) is 33.2. The second-order valence-electron chi connectivity index (χ2n) is 16.2. The van der Waals surface area contributed by atoms with E-state index < -0.39 is 79.8 Å². The molecule has 1 saturated heterocycles. The van der Waals surface area contributed by atoms with Crippen molar-refractivity contribution in [2.45, 2.75) is 113 Å². The molecule has 17 nitrogen and oxygen atoms in total. The van der Waals surface area contributed by atoms with Gasteiger partial charge < -0.3 is 25.0 Å². The van der Waals surface area contributed by atoms with Gasteiger partial charge in [0.2, 0.25) is 21.8 Å². The Balaban J connectivity index is 1.25. The number of sulfonamides is 1. The van der Waals surface area contributed by atoms with E-state index in [4.69, 9.17) is 9.47 Å². The number of rotatable bonds is 7. The first kappa shape index (κ1) is 39.8. The minimum atomic E-state index is -3.94. The van der Waals surface area contributed by atoms with Crippen molar-refractivity contribution in [3.8, 4) is 16.9 Å². The van der Waals surface area contributed by atoms with Crippen LogP contribution in [0.25, 0.3) is 22.2 Å². The fourth-order valence-corrected chi connectivity index (χ4v) is 9.08. The Bertz CT molecular complexity index is 2280. The molecular formula is C39H48N8O9S. The van der Waals surface area contributed by atoms with Crippen LogP contribution in [-0.2, 0) is 29.1 Å². The van der Waals surface area contributed by atoms with Gasteiger partial charge in [0.15, 0.2) is 5.75 Å². The lowest BCUT2D eigenvalue weighted by molar-refractivity contribution is -0.141. The number of hydrogen-bond acceptors (Lipinski definition) is 12. The summed E-state index contributed by atoms with van der Waals surface area (Å²) in [6.45, 7) is 4.95. The predicted molar refractivity (Wildman–Crippen MR) is 207 cm³/mol. The highest BCUT2D eigenvalue weighted by Gasteiger charge is 2.62. The lowest BCUT2D eigenvalue weighted by Gasteiger charge is -2.30. The monoisotopic (exact) mass is 804 g/mol. The van der Waals surface area contributed by atoms with Gasteiger partial charge in [-0.2, -0.15) is 5.10 Å². The number of aromatic nitrogens is 4. The van der Waals surface area contributed by atoms with E-state index in [0.717, 1.165) is 12.8 Å². The van der Waals surface area contributed by atoms with Crippen molar-refractivity contribution in [2.24, 2.45) is 5.92 Å². The standard InChI is InChI=1S/C39H48N8O9S/c1-38(2,3)56-37(52)43-29-13-9-7-5-6-8-11-23-20-39(23,36(51)45-57(53,54)25-15-16-25)44-33(48)30-19-24(22-46(30)34(29)49)47-35(50)32(55-4)27(21-42-47)26-12-10-14-28-31(26)41-18-17-40-28/h8,10-12,14,17-18,21,23-25,29-30H,5-7,9,13,15-16,19-20,22H2,1-4H3,(H,43,52)(H,44,48)(H,45,51)/b11-8-/t23-,24?,29+,30+,39?/m1/s1. The van der Waals surface area contributed by atoms with Gasteiger partial charge in [-0.1, -0.05) is 37.1 Å². The Morgan fingerprint density at radius 1 is 1.02 bits per heavy atom. The molecule has 304 valence electrons. The fourth-order valence-electron chi connectivity index (χ4n) is 7.71. The largest absolute Gasteiger partial charge is 0.491 e. The molecule has 2 aliphatic carbocycles. The van der Waals surface area contributed by atoms with Crippen LogP contribution in [0.15, 0.2) is 53.7 Å². The summed E-state index contributed by atoms with van der Waals surface area (Å²) in [5.41, 5.74) is -0.961. The lowest BCUT2D eigenvalue weighted by atomic mass is 10.0. The smallest absolute Gasteiger partial charge is 0.408 e. The maximum absolute atomic E-state index is 14.6. The first-order valence-electron chi connectivity index (χ1n) is 19.3. The average Bonchev–Trinajstić information content (AvgIpc) is 4.09. The van der Waals surface area contributed by atoms with Crippen LogP contribution in [0.2, 0.25) is 0 Å². The number of methoxy groups -OCH3 is 1. The van der Waals surface area contributed by atoms with Gasteiger partial charge in [0.25, 0.3) is 5.91 Å². The highest BCUT2D eigenvalue weighted by molar-refractivity contribution is 7.91. The van der Waals surface area contributed by atoms with Gasteiger partial charge in [-0.3, -0.25) is 33.9 Å². The van der Waals surface area contributed by atoms with Gasteiger partial charge >= 0.3 is 11.7 Å².